The van der Waals surface area contributed by atoms with Crippen LogP contribution < -0.4 is 0 Å². The SMILES string of the molecule is COC(=O)C1C(C(=O)OC)C23CCC(=O)C2=C2CCCC21C(C(=O)OC)C3C(=O)OC. The number of carbonyl (C=O) groups is 5. The van der Waals surface area contributed by atoms with E-state index in [9.17, 15) is 24.0 Å². The monoisotopic (exact) mass is 434 g/mol. The first-order valence-corrected chi connectivity index (χ1v) is 10.4. The predicted octanol–water partition coefficient (Wildman–Crippen LogP) is 0.987. The minimum absolute atomic E-state index is 0.109. The third-order valence-electron chi connectivity index (χ3n) is 8.10. The minimum Gasteiger partial charge on any atom is -0.469 e. The van der Waals surface area contributed by atoms with E-state index in [1.165, 1.54) is 28.4 Å². The average Bonchev–Trinajstić information content (AvgIpc) is 3.36. The molecule has 5 aliphatic carbocycles. The molecule has 5 aliphatic rings. The van der Waals surface area contributed by atoms with Crippen molar-refractivity contribution in [3.05, 3.63) is 11.1 Å². The van der Waals surface area contributed by atoms with Crippen LogP contribution in [0, 0.1) is 34.5 Å². The van der Waals surface area contributed by atoms with E-state index in [1.54, 1.807) is 0 Å². The van der Waals surface area contributed by atoms with Crippen molar-refractivity contribution in [2.75, 3.05) is 28.4 Å². The summed E-state index contributed by atoms with van der Waals surface area (Å²) in [6.07, 6.45) is 1.70. The first-order chi connectivity index (χ1) is 14.8. The molecule has 31 heavy (non-hydrogen) atoms. The van der Waals surface area contributed by atoms with Gasteiger partial charge in [-0.05, 0) is 25.7 Å². The van der Waals surface area contributed by atoms with Gasteiger partial charge in [-0.15, -0.1) is 0 Å². The summed E-state index contributed by atoms with van der Waals surface area (Å²) in [7, 11) is 4.84. The molecule has 4 atom stereocenters. The van der Waals surface area contributed by atoms with Gasteiger partial charge in [0.2, 0.25) is 0 Å². The Labute approximate surface area is 179 Å². The minimum atomic E-state index is -1.38. The quantitative estimate of drug-likeness (QED) is 0.471. The lowest BCUT2D eigenvalue weighted by molar-refractivity contribution is -0.207. The molecule has 0 aromatic rings. The Bertz CT molecular complexity index is 870. The molecule has 168 valence electrons. The van der Waals surface area contributed by atoms with Gasteiger partial charge >= 0.3 is 23.9 Å². The number of hydrogen-bond acceptors (Lipinski definition) is 9. The van der Waals surface area contributed by atoms with Crippen LogP contribution in [0.2, 0.25) is 0 Å². The number of fused-ring (bicyclic) bond motifs is 2. The number of allylic oxidation sites excluding steroid dienone is 2. The van der Waals surface area contributed by atoms with Gasteiger partial charge in [0, 0.05) is 22.8 Å². The van der Waals surface area contributed by atoms with Crippen molar-refractivity contribution >= 4 is 29.7 Å². The van der Waals surface area contributed by atoms with Crippen molar-refractivity contribution in [1.82, 2.24) is 0 Å². The van der Waals surface area contributed by atoms with Gasteiger partial charge < -0.3 is 18.9 Å². The molecule has 0 heterocycles. The van der Waals surface area contributed by atoms with Crippen LogP contribution in [0.1, 0.15) is 32.1 Å². The number of esters is 4. The zero-order valence-electron chi connectivity index (χ0n) is 18.0. The molecule has 0 aliphatic heterocycles. The van der Waals surface area contributed by atoms with Crippen LogP contribution in [0.15, 0.2) is 11.1 Å². The fourth-order valence-corrected chi connectivity index (χ4v) is 7.36. The maximum absolute atomic E-state index is 13.2. The summed E-state index contributed by atoms with van der Waals surface area (Å²) < 4.78 is 20.4. The maximum atomic E-state index is 13.2. The Morgan fingerprint density at radius 3 is 1.52 bits per heavy atom. The molecule has 3 fully saturated rings. The second-order valence-corrected chi connectivity index (χ2v) is 8.71. The van der Waals surface area contributed by atoms with E-state index in [1.807, 2.05) is 0 Å². The summed E-state index contributed by atoms with van der Waals surface area (Å²) in [5, 5.41) is 0. The Kier molecular flexibility index (Phi) is 4.98. The molecule has 2 bridgehead atoms. The summed E-state index contributed by atoms with van der Waals surface area (Å²) in [5.74, 6) is -7.30. The topological polar surface area (TPSA) is 122 Å². The molecule has 4 unspecified atom stereocenters. The van der Waals surface area contributed by atoms with Crippen molar-refractivity contribution in [3.63, 3.8) is 0 Å². The highest BCUT2D eigenvalue weighted by atomic mass is 16.5. The maximum Gasteiger partial charge on any atom is 0.310 e. The number of carbonyl (C=O) groups excluding carboxylic acids is 5. The number of Topliss-reactive ketones (excluding diaryl/α,β-unsaturated/α-hetero) is 1. The number of hydrogen-bond donors (Lipinski definition) is 0. The van der Waals surface area contributed by atoms with E-state index in [-0.39, 0.29) is 18.6 Å². The highest BCUT2D eigenvalue weighted by Gasteiger charge is 2.80. The van der Waals surface area contributed by atoms with Gasteiger partial charge in [-0.3, -0.25) is 24.0 Å². The summed E-state index contributed by atoms with van der Waals surface area (Å²) in [4.78, 5) is 65.9. The molecule has 0 radical (unpaired) electrons. The molecule has 0 aromatic heterocycles. The first kappa shape index (κ1) is 21.5. The smallest absolute Gasteiger partial charge is 0.310 e. The molecular formula is C22H26O9. The van der Waals surface area contributed by atoms with Crippen LogP contribution in [0.25, 0.3) is 0 Å². The van der Waals surface area contributed by atoms with Crippen molar-refractivity contribution < 1.29 is 42.9 Å². The predicted molar refractivity (Wildman–Crippen MR) is 102 cm³/mol. The summed E-state index contributed by atoms with van der Waals surface area (Å²) in [5.41, 5.74) is -1.51. The van der Waals surface area contributed by atoms with Crippen molar-refractivity contribution in [2.45, 2.75) is 32.1 Å². The Morgan fingerprint density at radius 1 is 0.677 bits per heavy atom. The van der Waals surface area contributed by atoms with E-state index in [0.29, 0.717) is 30.4 Å². The number of rotatable bonds is 4. The highest BCUT2D eigenvalue weighted by molar-refractivity contribution is 6.06. The van der Waals surface area contributed by atoms with Crippen molar-refractivity contribution in [3.8, 4) is 0 Å². The molecule has 5 rings (SSSR count). The number of ether oxygens (including phenoxy) is 4. The van der Waals surface area contributed by atoms with E-state index in [0.717, 1.165) is 0 Å². The largest absolute Gasteiger partial charge is 0.469 e. The van der Waals surface area contributed by atoms with E-state index in [4.69, 9.17) is 18.9 Å². The highest BCUT2D eigenvalue weighted by Crippen LogP contribution is 2.77. The molecule has 3 saturated carbocycles. The van der Waals surface area contributed by atoms with Gasteiger partial charge in [-0.1, -0.05) is 5.57 Å². The van der Waals surface area contributed by atoms with Crippen LogP contribution in [-0.2, 0) is 42.9 Å². The third kappa shape index (κ3) is 2.34. The van der Waals surface area contributed by atoms with Crippen LogP contribution in [0.5, 0.6) is 0 Å². The Balaban J connectivity index is 2.15. The Morgan fingerprint density at radius 2 is 1.10 bits per heavy atom. The zero-order chi connectivity index (χ0) is 22.7. The van der Waals surface area contributed by atoms with Gasteiger partial charge in [0.25, 0.3) is 0 Å². The van der Waals surface area contributed by atoms with Gasteiger partial charge in [0.1, 0.15) is 0 Å². The molecule has 9 nitrogen and oxygen atoms in total. The molecule has 0 saturated heterocycles. The summed E-state index contributed by atoms with van der Waals surface area (Å²) in [6.45, 7) is 0. The summed E-state index contributed by atoms with van der Waals surface area (Å²) in [6, 6.07) is 0. The second-order valence-electron chi connectivity index (χ2n) is 8.71. The lowest BCUT2D eigenvalue weighted by atomic mass is 9.36. The van der Waals surface area contributed by atoms with Crippen molar-refractivity contribution in [2.24, 2.45) is 34.5 Å². The molecule has 2 spiro atoms. The average molecular weight is 434 g/mol. The molecule has 0 aromatic carbocycles. The molecule has 0 amide bonds. The van der Waals surface area contributed by atoms with Gasteiger partial charge in [0.05, 0.1) is 52.1 Å². The van der Waals surface area contributed by atoms with Crippen LogP contribution >= 0.6 is 0 Å². The van der Waals surface area contributed by atoms with Crippen LogP contribution in [0.4, 0.5) is 0 Å². The summed E-state index contributed by atoms with van der Waals surface area (Å²) >= 11 is 0. The molecule has 9 heteroatoms. The fraction of sp³-hybridized carbons (Fsp3) is 0.682. The van der Waals surface area contributed by atoms with Crippen LogP contribution in [0.3, 0.4) is 0 Å². The Hall–Kier alpha value is -2.71. The third-order valence-corrected chi connectivity index (χ3v) is 8.10. The van der Waals surface area contributed by atoms with Gasteiger partial charge in [-0.2, -0.15) is 0 Å². The number of ketones is 1. The lowest BCUT2D eigenvalue weighted by Gasteiger charge is -2.63. The first-order valence-electron chi connectivity index (χ1n) is 10.4. The van der Waals surface area contributed by atoms with Gasteiger partial charge in [0.15, 0.2) is 5.78 Å². The standard InChI is InChI=1S/C22H26O9/c1-28-17(24)13-15(19(26)30-3)22-9-7-11(23)12(22)10-6-5-8-21(10,13)14(18(25)29-2)16(22)20(27)31-4/h13-16H,5-9H2,1-4H3. The lowest BCUT2D eigenvalue weighted by Crippen LogP contribution is -2.70. The molecular weight excluding hydrogens is 408 g/mol. The van der Waals surface area contributed by atoms with Gasteiger partial charge in [-0.25, -0.2) is 0 Å². The van der Waals surface area contributed by atoms with E-state index >= 15 is 0 Å². The fourth-order valence-electron chi connectivity index (χ4n) is 7.36. The van der Waals surface area contributed by atoms with Crippen molar-refractivity contribution in [1.29, 1.82) is 0 Å². The number of methoxy groups -OCH3 is 4. The molecule has 0 N–H and O–H groups in total. The van der Waals surface area contributed by atoms with Crippen LogP contribution in [-0.4, -0.2) is 58.1 Å². The second kappa shape index (κ2) is 7.17. The van der Waals surface area contributed by atoms with E-state index < -0.39 is 58.4 Å². The normalized spacial score (nSPS) is 37.7. The zero-order valence-corrected chi connectivity index (χ0v) is 18.0. The van der Waals surface area contributed by atoms with E-state index in [2.05, 4.69) is 0 Å².